The molecule has 0 saturated carbocycles. The average Bonchev–Trinajstić information content (AvgIpc) is 3.08. The molecule has 0 saturated heterocycles. The van der Waals surface area contributed by atoms with E-state index in [1.54, 1.807) is 4.68 Å². The summed E-state index contributed by atoms with van der Waals surface area (Å²) in [6.45, 7) is 8.20. The summed E-state index contributed by atoms with van der Waals surface area (Å²) in [4.78, 5) is 12.5. The minimum Gasteiger partial charge on any atom is -0.392 e. The van der Waals surface area contributed by atoms with E-state index in [0.29, 0.717) is 5.82 Å². The first-order valence-electron chi connectivity index (χ1n) is 9.21. The largest absolute Gasteiger partial charge is 0.392 e. The maximum Gasteiger partial charge on any atom is 0.324 e. The van der Waals surface area contributed by atoms with E-state index in [2.05, 4.69) is 31.4 Å². The summed E-state index contributed by atoms with van der Waals surface area (Å²) in [5.41, 5.74) is 4.17. The molecule has 3 N–H and O–H groups in total. The van der Waals surface area contributed by atoms with Crippen LogP contribution in [0.3, 0.4) is 0 Å². The van der Waals surface area contributed by atoms with Gasteiger partial charge in [-0.15, -0.1) is 0 Å². The van der Waals surface area contributed by atoms with Crippen LogP contribution in [0.15, 0.2) is 54.6 Å². The Labute approximate surface area is 165 Å². The predicted molar refractivity (Wildman–Crippen MR) is 112 cm³/mol. The van der Waals surface area contributed by atoms with E-state index in [9.17, 15) is 9.90 Å². The number of urea groups is 1. The van der Waals surface area contributed by atoms with Crippen molar-refractivity contribution in [2.75, 3.05) is 10.6 Å². The van der Waals surface area contributed by atoms with Crippen molar-refractivity contribution in [3.8, 4) is 5.69 Å². The first kappa shape index (κ1) is 19.6. The summed E-state index contributed by atoms with van der Waals surface area (Å²) in [5.74, 6) is 0.575. The Hall–Kier alpha value is -3.12. The van der Waals surface area contributed by atoms with Crippen molar-refractivity contribution in [3.05, 3.63) is 71.4 Å². The number of amides is 2. The van der Waals surface area contributed by atoms with Crippen LogP contribution in [0.25, 0.3) is 5.69 Å². The Morgan fingerprint density at radius 3 is 2.25 bits per heavy atom. The molecule has 2 aromatic carbocycles. The number of aliphatic hydroxyl groups is 1. The van der Waals surface area contributed by atoms with Crippen LogP contribution < -0.4 is 10.6 Å². The maximum atomic E-state index is 12.5. The third kappa shape index (κ3) is 4.58. The monoisotopic (exact) mass is 378 g/mol. The Morgan fingerprint density at radius 2 is 1.68 bits per heavy atom. The van der Waals surface area contributed by atoms with Gasteiger partial charge >= 0.3 is 6.03 Å². The highest BCUT2D eigenvalue weighted by Gasteiger charge is 2.21. The zero-order chi connectivity index (χ0) is 20.3. The molecule has 3 aromatic rings. The molecule has 0 fully saturated rings. The number of anilines is 2. The van der Waals surface area contributed by atoms with Crippen LogP contribution in [-0.4, -0.2) is 20.9 Å². The molecule has 28 heavy (non-hydrogen) atoms. The number of rotatable bonds is 4. The van der Waals surface area contributed by atoms with Gasteiger partial charge in [0.15, 0.2) is 0 Å². The summed E-state index contributed by atoms with van der Waals surface area (Å²) in [5, 5.41) is 19.7. The van der Waals surface area contributed by atoms with E-state index in [0.717, 1.165) is 28.2 Å². The van der Waals surface area contributed by atoms with Gasteiger partial charge in [-0.3, -0.25) is 5.32 Å². The standard InChI is InChI=1S/C22H26N4O2/c1-15-5-9-17(10-6-15)23-21(28)24-20-13-19(22(2,3)4)25-26(20)18-11-7-16(14-27)8-12-18/h5-13,27H,14H2,1-4H3,(H2,23,24,28). The third-order valence-electron chi connectivity index (χ3n) is 4.39. The zero-order valence-electron chi connectivity index (χ0n) is 16.7. The number of hydrogen-bond donors (Lipinski definition) is 3. The van der Waals surface area contributed by atoms with Gasteiger partial charge in [-0.25, -0.2) is 9.48 Å². The van der Waals surface area contributed by atoms with E-state index in [1.165, 1.54) is 0 Å². The molecule has 6 nitrogen and oxygen atoms in total. The van der Waals surface area contributed by atoms with E-state index >= 15 is 0 Å². The second kappa shape index (κ2) is 7.86. The van der Waals surface area contributed by atoms with Gasteiger partial charge in [-0.2, -0.15) is 5.10 Å². The number of aryl methyl sites for hydroxylation is 1. The summed E-state index contributed by atoms with van der Waals surface area (Å²) in [6, 6.07) is 16.6. The smallest absolute Gasteiger partial charge is 0.324 e. The summed E-state index contributed by atoms with van der Waals surface area (Å²) in [6.07, 6.45) is 0. The van der Waals surface area contributed by atoms with Crippen molar-refractivity contribution in [1.29, 1.82) is 0 Å². The minimum absolute atomic E-state index is 0.0172. The lowest BCUT2D eigenvalue weighted by atomic mass is 9.92. The lowest BCUT2D eigenvalue weighted by Gasteiger charge is -2.14. The number of carbonyl (C=O) groups excluding carboxylic acids is 1. The van der Waals surface area contributed by atoms with Gasteiger partial charge < -0.3 is 10.4 Å². The van der Waals surface area contributed by atoms with Crippen molar-refractivity contribution in [3.63, 3.8) is 0 Å². The number of benzene rings is 2. The molecule has 0 spiro atoms. The molecule has 0 atom stereocenters. The molecule has 146 valence electrons. The molecular formula is C22H26N4O2. The van der Waals surface area contributed by atoms with Gasteiger partial charge in [0.2, 0.25) is 0 Å². The van der Waals surface area contributed by atoms with Gasteiger partial charge in [0, 0.05) is 17.2 Å². The molecule has 0 bridgehead atoms. The van der Waals surface area contributed by atoms with Gasteiger partial charge in [-0.1, -0.05) is 50.6 Å². The molecule has 0 aliphatic rings. The second-order valence-electron chi connectivity index (χ2n) is 7.85. The molecule has 2 amide bonds. The Bertz CT molecular complexity index is 952. The highest BCUT2D eigenvalue weighted by molar-refractivity contribution is 5.99. The van der Waals surface area contributed by atoms with Crippen molar-refractivity contribution in [2.45, 2.75) is 39.7 Å². The quantitative estimate of drug-likeness (QED) is 0.620. The number of carbonyl (C=O) groups is 1. The zero-order valence-corrected chi connectivity index (χ0v) is 16.7. The van der Waals surface area contributed by atoms with E-state index in [1.807, 2.05) is 61.5 Å². The Morgan fingerprint density at radius 1 is 1.04 bits per heavy atom. The van der Waals surface area contributed by atoms with Crippen molar-refractivity contribution >= 4 is 17.5 Å². The summed E-state index contributed by atoms with van der Waals surface area (Å²) in [7, 11) is 0. The van der Waals surface area contributed by atoms with Crippen molar-refractivity contribution < 1.29 is 9.90 Å². The fourth-order valence-electron chi connectivity index (χ4n) is 2.69. The lowest BCUT2D eigenvalue weighted by molar-refractivity contribution is 0.262. The van der Waals surface area contributed by atoms with Gasteiger partial charge in [0.1, 0.15) is 5.82 Å². The fraction of sp³-hybridized carbons (Fsp3) is 0.273. The SMILES string of the molecule is Cc1ccc(NC(=O)Nc2cc(C(C)(C)C)nn2-c2ccc(CO)cc2)cc1. The van der Waals surface area contributed by atoms with Crippen LogP contribution in [0, 0.1) is 6.92 Å². The predicted octanol–water partition coefficient (Wildman–Crippen LogP) is 4.61. The van der Waals surface area contributed by atoms with Crippen LogP contribution >= 0.6 is 0 Å². The number of nitrogens with one attached hydrogen (secondary N) is 2. The first-order chi connectivity index (χ1) is 13.3. The van der Waals surface area contributed by atoms with Crippen LogP contribution in [0.4, 0.5) is 16.3 Å². The normalized spacial score (nSPS) is 11.3. The highest BCUT2D eigenvalue weighted by Crippen LogP contribution is 2.26. The van der Waals surface area contributed by atoms with E-state index in [-0.39, 0.29) is 18.1 Å². The summed E-state index contributed by atoms with van der Waals surface area (Å²) < 4.78 is 1.70. The molecule has 0 unspecified atom stereocenters. The average molecular weight is 378 g/mol. The summed E-state index contributed by atoms with van der Waals surface area (Å²) >= 11 is 0. The van der Waals surface area contributed by atoms with Crippen molar-refractivity contribution in [1.82, 2.24) is 9.78 Å². The lowest BCUT2D eigenvalue weighted by Crippen LogP contribution is -2.21. The highest BCUT2D eigenvalue weighted by atomic mass is 16.3. The molecular weight excluding hydrogens is 352 g/mol. The van der Waals surface area contributed by atoms with Gasteiger partial charge in [-0.05, 0) is 36.8 Å². The minimum atomic E-state index is -0.336. The Kier molecular flexibility index (Phi) is 5.51. The molecule has 1 heterocycles. The maximum absolute atomic E-state index is 12.5. The molecule has 0 aliphatic heterocycles. The van der Waals surface area contributed by atoms with Crippen LogP contribution in [-0.2, 0) is 12.0 Å². The van der Waals surface area contributed by atoms with E-state index < -0.39 is 0 Å². The molecule has 1 aromatic heterocycles. The first-order valence-corrected chi connectivity index (χ1v) is 9.21. The van der Waals surface area contributed by atoms with Gasteiger partial charge in [0.05, 0.1) is 18.0 Å². The van der Waals surface area contributed by atoms with Crippen LogP contribution in [0.5, 0.6) is 0 Å². The third-order valence-corrected chi connectivity index (χ3v) is 4.39. The fourth-order valence-corrected chi connectivity index (χ4v) is 2.69. The number of hydrogen-bond acceptors (Lipinski definition) is 3. The van der Waals surface area contributed by atoms with Gasteiger partial charge in [0.25, 0.3) is 0 Å². The molecule has 0 aliphatic carbocycles. The molecule has 3 rings (SSSR count). The number of nitrogens with zero attached hydrogens (tertiary/aromatic N) is 2. The van der Waals surface area contributed by atoms with Crippen LogP contribution in [0.1, 0.15) is 37.6 Å². The van der Waals surface area contributed by atoms with E-state index in [4.69, 9.17) is 5.10 Å². The number of aliphatic hydroxyl groups excluding tert-OH is 1. The Balaban J connectivity index is 1.88. The topological polar surface area (TPSA) is 79.2 Å². The molecule has 6 heteroatoms. The van der Waals surface area contributed by atoms with Crippen LogP contribution in [0.2, 0.25) is 0 Å². The number of aromatic nitrogens is 2. The second-order valence-corrected chi connectivity index (χ2v) is 7.85. The van der Waals surface area contributed by atoms with Crippen molar-refractivity contribution in [2.24, 2.45) is 0 Å². The molecule has 0 radical (unpaired) electrons.